The first-order chi connectivity index (χ1) is 15.0. The number of furan rings is 1. The first-order valence-electron chi connectivity index (χ1n) is 10.9. The first-order valence-corrected chi connectivity index (χ1v) is 11.7. The van der Waals surface area contributed by atoms with Crippen molar-refractivity contribution < 1.29 is 13.9 Å². The molecule has 2 aromatic carbocycles. The molecule has 4 nitrogen and oxygen atoms in total. The van der Waals surface area contributed by atoms with Gasteiger partial charge in [0, 0.05) is 46.2 Å². The molecule has 0 aliphatic carbocycles. The summed E-state index contributed by atoms with van der Waals surface area (Å²) in [5.74, 6) is 1.37. The molecule has 4 rings (SSSR count). The lowest BCUT2D eigenvalue weighted by molar-refractivity contribution is -0.127. The van der Waals surface area contributed by atoms with Gasteiger partial charge in [-0.05, 0) is 61.9 Å². The zero-order chi connectivity index (χ0) is 22.0. The standard InChI is InChI=1S/C26H28BrNO3/c1-4-30-24-14-25-22(23(16-31-25)19-7-9-20(27)10-8-19)13-21(24)18(3)12-26(29)28-11-5-6-17(2)15-28/h7-10,12-14,16-17H,4-6,11,15H2,1-3H3/b18-12+. The predicted molar refractivity (Wildman–Crippen MR) is 129 cm³/mol. The number of carbonyl (C=O) groups is 1. The number of likely N-dealkylation sites (tertiary alicyclic amines) is 1. The maximum absolute atomic E-state index is 12.9. The van der Waals surface area contributed by atoms with E-state index in [1.54, 1.807) is 12.3 Å². The monoisotopic (exact) mass is 481 g/mol. The fraction of sp³-hybridized carbons (Fsp3) is 0.346. The van der Waals surface area contributed by atoms with Gasteiger partial charge in [-0.3, -0.25) is 4.79 Å². The molecule has 3 aromatic rings. The Balaban J connectivity index is 1.74. The number of nitrogens with zero attached hydrogens (tertiary/aromatic N) is 1. The number of piperidine rings is 1. The maximum atomic E-state index is 12.9. The molecule has 1 aliphatic heterocycles. The topological polar surface area (TPSA) is 42.7 Å². The van der Waals surface area contributed by atoms with E-state index in [2.05, 4.69) is 41.1 Å². The van der Waals surface area contributed by atoms with Gasteiger partial charge in [0.1, 0.15) is 11.3 Å². The second-order valence-corrected chi connectivity index (χ2v) is 9.21. The van der Waals surface area contributed by atoms with Crippen LogP contribution in [0.1, 0.15) is 39.2 Å². The van der Waals surface area contributed by atoms with Crippen LogP contribution < -0.4 is 4.74 Å². The molecule has 0 spiro atoms. The summed E-state index contributed by atoms with van der Waals surface area (Å²) in [6.07, 6.45) is 5.80. The van der Waals surface area contributed by atoms with E-state index in [0.29, 0.717) is 12.5 Å². The van der Waals surface area contributed by atoms with Gasteiger partial charge in [-0.15, -0.1) is 0 Å². The highest BCUT2D eigenvalue weighted by atomic mass is 79.9. The Bertz CT molecular complexity index is 1110. The Hall–Kier alpha value is -2.53. The molecule has 1 fully saturated rings. The number of allylic oxidation sites excluding steroid dienone is 1. The lowest BCUT2D eigenvalue weighted by Gasteiger charge is -2.30. The van der Waals surface area contributed by atoms with Crippen LogP contribution >= 0.6 is 15.9 Å². The summed E-state index contributed by atoms with van der Waals surface area (Å²) in [6, 6.07) is 12.2. The molecule has 2 heterocycles. The van der Waals surface area contributed by atoms with E-state index in [4.69, 9.17) is 9.15 Å². The van der Waals surface area contributed by atoms with Crippen molar-refractivity contribution in [1.29, 1.82) is 0 Å². The first kappa shape index (κ1) is 21.7. The Morgan fingerprint density at radius 2 is 2.06 bits per heavy atom. The highest BCUT2D eigenvalue weighted by molar-refractivity contribution is 9.10. The molecule has 5 heteroatoms. The Morgan fingerprint density at radius 3 is 2.77 bits per heavy atom. The van der Waals surface area contributed by atoms with Crippen LogP contribution in [-0.2, 0) is 4.79 Å². The second-order valence-electron chi connectivity index (χ2n) is 8.29. The molecule has 1 saturated heterocycles. The van der Waals surface area contributed by atoms with Crippen molar-refractivity contribution in [3.05, 3.63) is 58.8 Å². The molecule has 31 heavy (non-hydrogen) atoms. The number of hydrogen-bond acceptors (Lipinski definition) is 3. The third-order valence-corrected chi connectivity index (χ3v) is 6.39. The summed E-state index contributed by atoms with van der Waals surface area (Å²) in [7, 11) is 0. The van der Waals surface area contributed by atoms with E-state index < -0.39 is 0 Å². The van der Waals surface area contributed by atoms with Gasteiger partial charge in [-0.2, -0.15) is 0 Å². The van der Waals surface area contributed by atoms with Crippen LogP contribution in [0.3, 0.4) is 0 Å². The van der Waals surface area contributed by atoms with Crippen LogP contribution in [-0.4, -0.2) is 30.5 Å². The average molecular weight is 482 g/mol. The number of fused-ring (bicyclic) bond motifs is 1. The van der Waals surface area contributed by atoms with Crippen LogP contribution in [0.15, 0.2) is 57.6 Å². The summed E-state index contributed by atoms with van der Waals surface area (Å²) in [6.45, 7) is 8.36. The number of benzene rings is 2. The van der Waals surface area contributed by atoms with Crippen LogP contribution in [0.2, 0.25) is 0 Å². The lowest BCUT2D eigenvalue weighted by atomic mass is 9.98. The molecule has 1 aliphatic rings. The Morgan fingerprint density at radius 1 is 1.29 bits per heavy atom. The van der Waals surface area contributed by atoms with E-state index in [1.165, 1.54) is 6.42 Å². The maximum Gasteiger partial charge on any atom is 0.246 e. The fourth-order valence-corrected chi connectivity index (χ4v) is 4.50. The average Bonchev–Trinajstić information content (AvgIpc) is 3.16. The molecule has 1 amide bonds. The van der Waals surface area contributed by atoms with Crippen LogP contribution in [0, 0.1) is 5.92 Å². The number of amides is 1. The van der Waals surface area contributed by atoms with Gasteiger partial charge in [0.05, 0.1) is 12.9 Å². The van der Waals surface area contributed by atoms with Crippen molar-refractivity contribution in [3.63, 3.8) is 0 Å². The summed E-state index contributed by atoms with van der Waals surface area (Å²) in [5, 5.41) is 1.01. The molecule has 0 radical (unpaired) electrons. The molecule has 1 atom stereocenters. The van der Waals surface area contributed by atoms with Gasteiger partial charge < -0.3 is 14.1 Å². The molecular weight excluding hydrogens is 454 g/mol. The smallest absolute Gasteiger partial charge is 0.246 e. The van der Waals surface area contributed by atoms with Crippen LogP contribution in [0.5, 0.6) is 5.75 Å². The van der Waals surface area contributed by atoms with Crippen LogP contribution in [0.25, 0.3) is 27.7 Å². The highest BCUT2D eigenvalue weighted by Crippen LogP contribution is 2.38. The number of rotatable bonds is 5. The Labute approximate surface area is 192 Å². The number of hydrogen-bond donors (Lipinski definition) is 0. The minimum Gasteiger partial charge on any atom is -0.493 e. The molecule has 1 aromatic heterocycles. The van der Waals surface area contributed by atoms with Gasteiger partial charge in [0.25, 0.3) is 0 Å². The second kappa shape index (κ2) is 9.31. The zero-order valence-corrected chi connectivity index (χ0v) is 19.9. The van der Waals surface area contributed by atoms with Crippen molar-refractivity contribution in [3.8, 4) is 16.9 Å². The Kier molecular flexibility index (Phi) is 6.51. The minimum absolute atomic E-state index is 0.0759. The number of halogens is 1. The van der Waals surface area contributed by atoms with E-state index in [-0.39, 0.29) is 5.91 Å². The highest BCUT2D eigenvalue weighted by Gasteiger charge is 2.21. The normalized spacial score (nSPS) is 17.2. The molecule has 0 N–H and O–H groups in total. The van der Waals surface area contributed by atoms with Crippen molar-refractivity contribution in [2.24, 2.45) is 5.92 Å². The van der Waals surface area contributed by atoms with E-state index in [9.17, 15) is 4.79 Å². The third kappa shape index (κ3) is 4.72. The predicted octanol–water partition coefficient (Wildman–Crippen LogP) is 6.92. The lowest BCUT2D eigenvalue weighted by Crippen LogP contribution is -2.38. The van der Waals surface area contributed by atoms with Gasteiger partial charge in [0.15, 0.2) is 0 Å². The number of carbonyl (C=O) groups excluding carboxylic acids is 1. The van der Waals surface area contributed by atoms with Gasteiger partial charge in [-0.25, -0.2) is 0 Å². The van der Waals surface area contributed by atoms with E-state index >= 15 is 0 Å². The van der Waals surface area contributed by atoms with E-state index in [0.717, 1.165) is 63.0 Å². The molecule has 162 valence electrons. The van der Waals surface area contributed by atoms with Crippen molar-refractivity contribution in [1.82, 2.24) is 4.90 Å². The molecular formula is C26H28BrNO3. The van der Waals surface area contributed by atoms with Crippen molar-refractivity contribution >= 4 is 38.4 Å². The fourth-order valence-electron chi connectivity index (χ4n) is 4.23. The quantitative estimate of drug-likeness (QED) is 0.371. The summed E-state index contributed by atoms with van der Waals surface area (Å²) in [4.78, 5) is 14.9. The zero-order valence-electron chi connectivity index (χ0n) is 18.3. The van der Waals surface area contributed by atoms with Gasteiger partial charge in [0.2, 0.25) is 5.91 Å². The SMILES string of the molecule is CCOc1cc2occ(-c3ccc(Br)cc3)c2cc1/C(C)=C/C(=O)N1CCCC(C)C1. The minimum atomic E-state index is 0.0759. The summed E-state index contributed by atoms with van der Waals surface area (Å²) in [5.41, 5.74) is 4.70. The van der Waals surface area contributed by atoms with Crippen molar-refractivity contribution in [2.45, 2.75) is 33.6 Å². The molecule has 0 bridgehead atoms. The van der Waals surface area contributed by atoms with Gasteiger partial charge in [-0.1, -0.05) is 35.0 Å². The van der Waals surface area contributed by atoms with Gasteiger partial charge >= 0.3 is 0 Å². The van der Waals surface area contributed by atoms with Crippen molar-refractivity contribution in [2.75, 3.05) is 19.7 Å². The number of ether oxygens (including phenoxy) is 1. The summed E-state index contributed by atoms with van der Waals surface area (Å²) >= 11 is 3.49. The van der Waals surface area contributed by atoms with Crippen LogP contribution in [0.4, 0.5) is 0 Å². The van der Waals surface area contributed by atoms with E-state index in [1.807, 2.05) is 36.9 Å². The summed E-state index contributed by atoms with van der Waals surface area (Å²) < 4.78 is 12.8. The third-order valence-electron chi connectivity index (χ3n) is 5.86. The molecule has 0 saturated carbocycles. The largest absolute Gasteiger partial charge is 0.493 e. The molecule has 1 unspecified atom stereocenters.